The van der Waals surface area contributed by atoms with E-state index >= 15 is 0 Å². The third kappa shape index (κ3) is 20.6. The lowest BCUT2D eigenvalue weighted by atomic mass is 9.81. The van der Waals surface area contributed by atoms with E-state index in [1.807, 2.05) is 13.8 Å². The largest absolute Gasteiger partial charge is 0.379 e. The number of carbonyl (C=O) groups is 2. The molecule has 1 heterocycles. The number of nitrogens with one attached hydrogen (secondary N) is 1. The summed E-state index contributed by atoms with van der Waals surface area (Å²) in [6.45, 7) is 14.2. The molecule has 2 amide bonds. The first-order chi connectivity index (χ1) is 23.0. The summed E-state index contributed by atoms with van der Waals surface area (Å²) in [4.78, 5) is 26.3. The normalized spacial score (nSPS) is 21.5. The van der Waals surface area contributed by atoms with Crippen LogP contribution in [0.3, 0.4) is 0 Å². The van der Waals surface area contributed by atoms with E-state index in [4.69, 9.17) is 42.6 Å². The minimum absolute atomic E-state index is 0.00125. The van der Waals surface area contributed by atoms with E-state index in [-0.39, 0.29) is 23.7 Å². The van der Waals surface area contributed by atoms with Crippen molar-refractivity contribution in [3.63, 3.8) is 0 Å². The molecule has 0 spiro atoms. The molecule has 1 saturated heterocycles. The number of likely N-dealkylation sites (tertiary alicyclic amines) is 1. The number of carbonyl (C=O) groups excluding carboxylic acids is 2. The molecule has 0 aromatic carbocycles. The fourth-order valence-electron chi connectivity index (χ4n) is 5.37. The average molecular weight is 679 g/mol. The van der Waals surface area contributed by atoms with Gasteiger partial charge in [0, 0.05) is 38.0 Å². The van der Waals surface area contributed by atoms with Gasteiger partial charge in [0.25, 0.3) is 0 Å². The van der Waals surface area contributed by atoms with Crippen molar-refractivity contribution in [1.82, 2.24) is 10.2 Å². The van der Waals surface area contributed by atoms with Crippen LogP contribution in [-0.2, 0) is 52.2 Å². The third-order valence-corrected chi connectivity index (χ3v) is 8.03. The number of nitrogens with zero attached hydrogens (tertiary/aromatic N) is 1. The standard InChI is InChI=1S/C33H62N2O12/c1-3-39-10-11-41-14-15-43-18-19-45-22-23-47-25-24-46-21-20-44-17-16-42-13-12-40-9-8-34-32(37)30-6-4-29(5-7-30)27-35-31(36)26-28(2)33(35)38/h28-31,36H,3-27H2,1-2H3,(H,34,37)/t28?,29?,30?,31-/m1/s1. The van der Waals surface area contributed by atoms with Crippen molar-refractivity contribution < 1.29 is 57.3 Å². The first-order valence-electron chi connectivity index (χ1n) is 17.5. The van der Waals surface area contributed by atoms with Crippen molar-refractivity contribution in [1.29, 1.82) is 0 Å². The zero-order chi connectivity index (χ0) is 33.8. The second kappa shape index (κ2) is 28.4. The lowest BCUT2D eigenvalue weighted by molar-refractivity contribution is -0.137. The third-order valence-electron chi connectivity index (χ3n) is 8.03. The Morgan fingerprint density at radius 3 is 1.40 bits per heavy atom. The molecule has 14 heteroatoms. The summed E-state index contributed by atoms with van der Waals surface area (Å²) in [6.07, 6.45) is 3.25. The lowest BCUT2D eigenvalue weighted by Gasteiger charge is -2.32. The monoisotopic (exact) mass is 678 g/mol. The highest BCUT2D eigenvalue weighted by molar-refractivity contribution is 5.81. The van der Waals surface area contributed by atoms with Gasteiger partial charge in [-0.15, -0.1) is 0 Å². The maximum atomic E-state index is 12.5. The van der Waals surface area contributed by atoms with Gasteiger partial charge in [-0.1, -0.05) is 6.92 Å². The summed E-state index contributed by atoms with van der Waals surface area (Å²) in [5.74, 6) is 0.350. The molecule has 14 nitrogen and oxygen atoms in total. The van der Waals surface area contributed by atoms with E-state index in [2.05, 4.69) is 5.32 Å². The molecular formula is C33H62N2O12. The molecular weight excluding hydrogens is 616 g/mol. The first kappa shape index (κ1) is 41.7. The van der Waals surface area contributed by atoms with Gasteiger partial charge in [-0.25, -0.2) is 0 Å². The van der Waals surface area contributed by atoms with Crippen LogP contribution in [-0.4, -0.2) is 160 Å². The number of amides is 2. The van der Waals surface area contributed by atoms with Crippen molar-refractivity contribution in [3.8, 4) is 0 Å². The molecule has 2 atom stereocenters. The van der Waals surface area contributed by atoms with Crippen molar-refractivity contribution in [2.45, 2.75) is 52.2 Å². The van der Waals surface area contributed by atoms with Gasteiger partial charge in [-0.05, 0) is 38.5 Å². The number of hydrogen-bond acceptors (Lipinski definition) is 12. The molecule has 0 aromatic heterocycles. The van der Waals surface area contributed by atoms with Crippen LogP contribution >= 0.6 is 0 Å². The molecule has 0 aromatic rings. The SMILES string of the molecule is CCOCCOCCOCCOCCOCCOCCOCCOCCOCCNC(=O)C1CCC(CN2C(=O)C(C)C[C@H]2O)CC1. The Labute approximate surface area is 281 Å². The summed E-state index contributed by atoms with van der Waals surface area (Å²) in [5, 5.41) is 13.1. The lowest BCUT2D eigenvalue weighted by Crippen LogP contribution is -2.40. The minimum Gasteiger partial charge on any atom is -0.379 e. The number of aliphatic hydroxyl groups excluding tert-OH is 1. The van der Waals surface area contributed by atoms with Crippen molar-refractivity contribution in [2.24, 2.45) is 17.8 Å². The van der Waals surface area contributed by atoms with E-state index in [1.165, 1.54) is 0 Å². The molecule has 276 valence electrons. The zero-order valence-electron chi connectivity index (χ0n) is 28.9. The molecule has 1 unspecified atom stereocenters. The maximum absolute atomic E-state index is 12.5. The highest BCUT2D eigenvalue weighted by atomic mass is 16.6. The van der Waals surface area contributed by atoms with Gasteiger partial charge in [-0.2, -0.15) is 0 Å². The van der Waals surface area contributed by atoms with Crippen LogP contribution in [0.15, 0.2) is 0 Å². The Kier molecular flexibility index (Phi) is 25.2. The highest BCUT2D eigenvalue weighted by Crippen LogP contribution is 2.32. The smallest absolute Gasteiger partial charge is 0.227 e. The van der Waals surface area contributed by atoms with E-state index in [1.54, 1.807) is 4.90 Å². The summed E-state index contributed by atoms with van der Waals surface area (Å²) < 4.78 is 48.9. The minimum atomic E-state index is -0.664. The summed E-state index contributed by atoms with van der Waals surface area (Å²) in [6, 6.07) is 0. The number of hydrogen-bond donors (Lipinski definition) is 2. The summed E-state index contributed by atoms with van der Waals surface area (Å²) in [7, 11) is 0. The Morgan fingerprint density at radius 1 is 0.660 bits per heavy atom. The van der Waals surface area contributed by atoms with Gasteiger partial charge in [0.1, 0.15) is 6.23 Å². The quantitative estimate of drug-likeness (QED) is 0.102. The molecule has 1 saturated carbocycles. The molecule has 0 bridgehead atoms. The maximum Gasteiger partial charge on any atom is 0.227 e. The second-order valence-corrected chi connectivity index (χ2v) is 11.7. The van der Waals surface area contributed by atoms with Crippen LogP contribution in [0.2, 0.25) is 0 Å². The summed E-state index contributed by atoms with van der Waals surface area (Å²) >= 11 is 0. The Bertz CT molecular complexity index is 772. The van der Waals surface area contributed by atoms with E-state index in [9.17, 15) is 14.7 Å². The van der Waals surface area contributed by atoms with E-state index in [0.717, 1.165) is 25.7 Å². The van der Waals surface area contributed by atoms with Crippen LogP contribution in [0.5, 0.6) is 0 Å². The second-order valence-electron chi connectivity index (χ2n) is 11.7. The molecule has 47 heavy (non-hydrogen) atoms. The molecule has 2 aliphatic rings. The fourth-order valence-corrected chi connectivity index (χ4v) is 5.37. The predicted octanol–water partition coefficient (Wildman–Crippen LogP) is 1.27. The highest BCUT2D eigenvalue weighted by Gasteiger charge is 2.37. The first-order valence-corrected chi connectivity index (χ1v) is 17.5. The number of rotatable bonds is 31. The molecule has 2 fully saturated rings. The average Bonchev–Trinajstić information content (AvgIpc) is 3.31. The van der Waals surface area contributed by atoms with Crippen molar-refractivity contribution in [2.75, 3.05) is 132 Å². The fraction of sp³-hybridized carbons (Fsp3) is 0.939. The molecule has 1 aliphatic heterocycles. The van der Waals surface area contributed by atoms with Crippen LogP contribution in [0, 0.1) is 17.8 Å². The van der Waals surface area contributed by atoms with Crippen molar-refractivity contribution in [3.05, 3.63) is 0 Å². The van der Waals surface area contributed by atoms with Gasteiger partial charge >= 0.3 is 0 Å². The number of ether oxygens (including phenoxy) is 9. The van der Waals surface area contributed by atoms with Gasteiger partial charge in [0.15, 0.2) is 0 Å². The van der Waals surface area contributed by atoms with Crippen LogP contribution in [0.1, 0.15) is 46.0 Å². The van der Waals surface area contributed by atoms with Gasteiger partial charge in [0.2, 0.25) is 11.8 Å². The predicted molar refractivity (Wildman–Crippen MR) is 173 cm³/mol. The molecule has 2 rings (SSSR count). The molecule has 2 N–H and O–H groups in total. The van der Waals surface area contributed by atoms with Gasteiger partial charge < -0.3 is 58.0 Å². The Balaban J connectivity index is 1.23. The van der Waals surface area contributed by atoms with Crippen LogP contribution < -0.4 is 5.32 Å². The zero-order valence-corrected chi connectivity index (χ0v) is 28.9. The topological polar surface area (TPSA) is 153 Å². The molecule has 0 radical (unpaired) electrons. The van der Waals surface area contributed by atoms with Gasteiger partial charge in [-0.3, -0.25) is 9.59 Å². The number of aliphatic hydroxyl groups is 1. The van der Waals surface area contributed by atoms with Crippen LogP contribution in [0.25, 0.3) is 0 Å². The van der Waals surface area contributed by atoms with E-state index < -0.39 is 6.23 Å². The van der Waals surface area contributed by atoms with Crippen molar-refractivity contribution >= 4 is 11.8 Å². The van der Waals surface area contributed by atoms with Gasteiger partial charge in [0.05, 0.1) is 112 Å². The Morgan fingerprint density at radius 2 is 1.04 bits per heavy atom. The molecule has 1 aliphatic carbocycles. The van der Waals surface area contributed by atoms with Crippen LogP contribution in [0.4, 0.5) is 0 Å². The summed E-state index contributed by atoms with van der Waals surface area (Å²) in [5.41, 5.74) is 0. The Hall–Kier alpha value is -1.46. The van der Waals surface area contributed by atoms with E-state index in [0.29, 0.717) is 144 Å².